The van der Waals surface area contributed by atoms with E-state index in [-0.39, 0.29) is 24.4 Å². The molecule has 5 heteroatoms. The molecule has 0 aromatic heterocycles. The lowest BCUT2D eigenvalue weighted by atomic mass is 9.92. The highest BCUT2D eigenvalue weighted by Gasteiger charge is 2.32. The van der Waals surface area contributed by atoms with Crippen LogP contribution in [-0.2, 0) is 9.53 Å². The number of nitrogens with zero attached hydrogens (tertiary/aromatic N) is 1. The molecule has 4 nitrogen and oxygen atoms in total. The van der Waals surface area contributed by atoms with E-state index in [1.165, 1.54) is 0 Å². The van der Waals surface area contributed by atoms with Crippen molar-refractivity contribution in [3.8, 4) is 0 Å². The first-order chi connectivity index (χ1) is 8.22. The molecule has 2 aliphatic rings. The van der Waals surface area contributed by atoms with Crippen LogP contribution in [0.5, 0.6) is 0 Å². The van der Waals surface area contributed by atoms with Crippen molar-refractivity contribution in [1.82, 2.24) is 10.2 Å². The van der Waals surface area contributed by atoms with Crippen LogP contribution in [0.15, 0.2) is 0 Å². The number of methoxy groups -OCH3 is 1. The zero-order valence-corrected chi connectivity index (χ0v) is 12.2. The molecule has 0 aromatic carbocycles. The maximum atomic E-state index is 12.4. The standard InChI is InChI=1S/C13H24N2O2.ClH/c1-10-5-7-15(9-12(10)17-2)13(16)11-4-3-6-14-8-11;/h10-12,14H,3-9H2,1-2H3;1H/t10?,11-,12?;/m1./s1. The largest absolute Gasteiger partial charge is 0.379 e. The fourth-order valence-electron chi connectivity index (χ4n) is 2.86. The van der Waals surface area contributed by atoms with Gasteiger partial charge in [-0.2, -0.15) is 0 Å². The normalized spacial score (nSPS) is 32.8. The Bertz CT molecular complexity index is 270. The topological polar surface area (TPSA) is 41.6 Å². The highest BCUT2D eigenvalue weighted by molar-refractivity contribution is 5.85. The van der Waals surface area contributed by atoms with Gasteiger partial charge in [0.2, 0.25) is 5.91 Å². The molecule has 0 spiro atoms. The molecule has 106 valence electrons. The zero-order chi connectivity index (χ0) is 12.3. The average molecular weight is 277 g/mol. The number of carbonyl (C=O) groups is 1. The third-order valence-corrected chi connectivity index (χ3v) is 4.15. The summed E-state index contributed by atoms with van der Waals surface area (Å²) in [4.78, 5) is 14.4. The highest BCUT2D eigenvalue weighted by atomic mass is 35.5. The molecular weight excluding hydrogens is 252 g/mol. The van der Waals surface area contributed by atoms with Gasteiger partial charge in [0.15, 0.2) is 0 Å². The minimum absolute atomic E-state index is 0. The molecule has 2 unspecified atom stereocenters. The SMILES string of the molecule is COC1CN(C(=O)[C@@H]2CCCNC2)CCC1C.Cl. The minimum atomic E-state index is 0. The summed E-state index contributed by atoms with van der Waals surface area (Å²) < 4.78 is 5.46. The third kappa shape index (κ3) is 3.59. The Hall–Kier alpha value is -0.320. The van der Waals surface area contributed by atoms with E-state index in [1.807, 2.05) is 4.90 Å². The van der Waals surface area contributed by atoms with Crippen molar-refractivity contribution in [2.75, 3.05) is 33.3 Å². The van der Waals surface area contributed by atoms with Gasteiger partial charge < -0.3 is 15.0 Å². The van der Waals surface area contributed by atoms with E-state index in [1.54, 1.807) is 7.11 Å². The smallest absolute Gasteiger partial charge is 0.227 e. The Morgan fingerprint density at radius 2 is 2.17 bits per heavy atom. The van der Waals surface area contributed by atoms with E-state index in [4.69, 9.17) is 4.74 Å². The summed E-state index contributed by atoms with van der Waals surface area (Å²) in [6.07, 6.45) is 3.43. The van der Waals surface area contributed by atoms with Crippen LogP contribution < -0.4 is 5.32 Å². The van der Waals surface area contributed by atoms with Crippen molar-refractivity contribution >= 4 is 18.3 Å². The number of hydrogen-bond acceptors (Lipinski definition) is 3. The minimum Gasteiger partial charge on any atom is -0.379 e. The molecule has 2 fully saturated rings. The predicted molar refractivity (Wildman–Crippen MR) is 74.0 cm³/mol. The number of amides is 1. The summed E-state index contributed by atoms with van der Waals surface area (Å²) in [7, 11) is 1.75. The first kappa shape index (κ1) is 15.7. The second kappa shape index (κ2) is 7.31. The van der Waals surface area contributed by atoms with Crippen molar-refractivity contribution in [3.63, 3.8) is 0 Å². The molecular formula is C13H25ClN2O2. The number of carbonyl (C=O) groups excluding carboxylic acids is 1. The maximum Gasteiger partial charge on any atom is 0.227 e. The van der Waals surface area contributed by atoms with Crippen LogP contribution >= 0.6 is 12.4 Å². The summed E-state index contributed by atoms with van der Waals surface area (Å²) in [5.41, 5.74) is 0. The van der Waals surface area contributed by atoms with E-state index in [9.17, 15) is 4.79 Å². The van der Waals surface area contributed by atoms with Crippen LogP contribution in [0.25, 0.3) is 0 Å². The zero-order valence-electron chi connectivity index (χ0n) is 11.4. The van der Waals surface area contributed by atoms with Gasteiger partial charge in [-0.05, 0) is 31.7 Å². The average Bonchev–Trinajstić information content (AvgIpc) is 2.39. The molecule has 0 aromatic rings. The van der Waals surface area contributed by atoms with E-state index >= 15 is 0 Å². The van der Waals surface area contributed by atoms with Gasteiger partial charge >= 0.3 is 0 Å². The Kier molecular flexibility index (Phi) is 6.39. The van der Waals surface area contributed by atoms with Crippen LogP contribution in [-0.4, -0.2) is 50.2 Å². The first-order valence-corrected chi connectivity index (χ1v) is 6.74. The van der Waals surface area contributed by atoms with Gasteiger partial charge in [-0.15, -0.1) is 12.4 Å². The van der Waals surface area contributed by atoms with Crippen molar-refractivity contribution in [1.29, 1.82) is 0 Å². The summed E-state index contributed by atoms with van der Waals surface area (Å²) in [5, 5.41) is 3.31. The molecule has 2 rings (SSSR count). The number of rotatable bonds is 2. The second-order valence-electron chi connectivity index (χ2n) is 5.37. The highest BCUT2D eigenvalue weighted by Crippen LogP contribution is 2.22. The van der Waals surface area contributed by atoms with Gasteiger partial charge in [0, 0.05) is 26.7 Å². The monoisotopic (exact) mass is 276 g/mol. The van der Waals surface area contributed by atoms with E-state index in [2.05, 4.69) is 12.2 Å². The van der Waals surface area contributed by atoms with Gasteiger partial charge in [0.05, 0.1) is 12.0 Å². The quantitative estimate of drug-likeness (QED) is 0.826. The summed E-state index contributed by atoms with van der Waals surface area (Å²) in [6, 6.07) is 0. The van der Waals surface area contributed by atoms with E-state index < -0.39 is 0 Å². The lowest BCUT2D eigenvalue weighted by molar-refractivity contribution is -0.141. The lowest BCUT2D eigenvalue weighted by Crippen LogP contribution is -2.50. The Balaban J connectivity index is 0.00000162. The molecule has 0 radical (unpaired) electrons. The van der Waals surface area contributed by atoms with Crippen LogP contribution in [0.3, 0.4) is 0 Å². The molecule has 2 saturated heterocycles. The van der Waals surface area contributed by atoms with Gasteiger partial charge in [0.25, 0.3) is 0 Å². The van der Waals surface area contributed by atoms with E-state index in [0.717, 1.165) is 45.4 Å². The number of hydrogen-bond donors (Lipinski definition) is 1. The molecule has 1 amide bonds. The van der Waals surface area contributed by atoms with Gasteiger partial charge in [-0.1, -0.05) is 6.92 Å². The van der Waals surface area contributed by atoms with Crippen LogP contribution in [0.2, 0.25) is 0 Å². The van der Waals surface area contributed by atoms with Gasteiger partial charge in [-0.3, -0.25) is 4.79 Å². The summed E-state index contributed by atoms with van der Waals surface area (Å²) in [5.74, 6) is 1.08. The predicted octanol–water partition coefficient (Wildman–Crippen LogP) is 1.29. The fourth-order valence-corrected chi connectivity index (χ4v) is 2.86. The maximum absolute atomic E-state index is 12.4. The molecule has 0 bridgehead atoms. The number of ether oxygens (including phenoxy) is 1. The number of nitrogens with one attached hydrogen (secondary N) is 1. The molecule has 1 N–H and O–H groups in total. The summed E-state index contributed by atoms with van der Waals surface area (Å²) >= 11 is 0. The van der Waals surface area contributed by atoms with Crippen molar-refractivity contribution in [2.45, 2.75) is 32.3 Å². The van der Waals surface area contributed by atoms with Crippen molar-refractivity contribution in [3.05, 3.63) is 0 Å². The molecule has 18 heavy (non-hydrogen) atoms. The lowest BCUT2D eigenvalue weighted by Gasteiger charge is -2.38. The molecule has 3 atom stereocenters. The molecule has 0 aliphatic carbocycles. The van der Waals surface area contributed by atoms with Crippen molar-refractivity contribution < 1.29 is 9.53 Å². The first-order valence-electron chi connectivity index (χ1n) is 6.74. The number of piperidine rings is 2. The summed E-state index contributed by atoms with van der Waals surface area (Å²) in [6.45, 7) is 5.78. The third-order valence-electron chi connectivity index (χ3n) is 4.15. The molecule has 0 saturated carbocycles. The van der Waals surface area contributed by atoms with Gasteiger partial charge in [0.1, 0.15) is 0 Å². The Morgan fingerprint density at radius 3 is 2.78 bits per heavy atom. The fraction of sp³-hybridized carbons (Fsp3) is 0.923. The van der Waals surface area contributed by atoms with Crippen molar-refractivity contribution in [2.24, 2.45) is 11.8 Å². The van der Waals surface area contributed by atoms with Crippen LogP contribution in [0.1, 0.15) is 26.2 Å². The van der Waals surface area contributed by atoms with E-state index in [0.29, 0.717) is 11.8 Å². The second-order valence-corrected chi connectivity index (χ2v) is 5.37. The molecule has 2 aliphatic heterocycles. The Labute approximate surface area is 116 Å². The van der Waals surface area contributed by atoms with Crippen LogP contribution in [0, 0.1) is 11.8 Å². The van der Waals surface area contributed by atoms with Crippen LogP contribution in [0.4, 0.5) is 0 Å². The Morgan fingerprint density at radius 1 is 1.39 bits per heavy atom. The number of halogens is 1. The molecule has 2 heterocycles. The number of likely N-dealkylation sites (tertiary alicyclic amines) is 1. The van der Waals surface area contributed by atoms with Gasteiger partial charge in [-0.25, -0.2) is 0 Å².